The number of pyridine rings is 1. The molecule has 9 heteroatoms. The Kier molecular flexibility index (Phi) is 5.98. The molecule has 0 aromatic carbocycles. The van der Waals surface area contributed by atoms with Gasteiger partial charge in [0.2, 0.25) is 5.76 Å². The number of nitrogens with zero attached hydrogens (tertiary/aromatic N) is 4. The van der Waals surface area contributed by atoms with Gasteiger partial charge in [-0.25, -0.2) is 9.67 Å². The highest BCUT2D eigenvalue weighted by molar-refractivity contribution is 5.91. The summed E-state index contributed by atoms with van der Waals surface area (Å²) in [6.45, 7) is 6.49. The van der Waals surface area contributed by atoms with Gasteiger partial charge in [0.1, 0.15) is 0 Å². The summed E-state index contributed by atoms with van der Waals surface area (Å²) in [7, 11) is 0. The molecule has 1 aliphatic heterocycles. The first-order valence-corrected chi connectivity index (χ1v) is 10.6. The van der Waals surface area contributed by atoms with Crippen molar-refractivity contribution in [2.24, 2.45) is 5.73 Å². The van der Waals surface area contributed by atoms with Crippen LogP contribution < -0.4 is 11.1 Å². The third-order valence-electron chi connectivity index (χ3n) is 5.61. The number of aryl methyl sites for hydroxylation is 3. The van der Waals surface area contributed by atoms with Crippen LogP contribution in [0.4, 0.5) is 5.69 Å². The second-order valence-electron chi connectivity index (χ2n) is 7.54. The fourth-order valence-electron chi connectivity index (χ4n) is 3.98. The number of nitrogens with one attached hydrogen (secondary N) is 1. The van der Waals surface area contributed by atoms with Crippen molar-refractivity contribution >= 4 is 22.6 Å². The summed E-state index contributed by atoms with van der Waals surface area (Å²) in [5.41, 5.74) is 10.2. The van der Waals surface area contributed by atoms with Gasteiger partial charge in [-0.15, -0.1) is 0 Å². The summed E-state index contributed by atoms with van der Waals surface area (Å²) in [5, 5.41) is 13.3. The molecule has 1 saturated heterocycles. The van der Waals surface area contributed by atoms with Crippen molar-refractivity contribution in [3.8, 4) is 0 Å². The Morgan fingerprint density at radius 1 is 1.30 bits per heavy atom. The van der Waals surface area contributed by atoms with Crippen molar-refractivity contribution in [3.05, 3.63) is 35.0 Å². The lowest BCUT2D eigenvalue weighted by Gasteiger charge is -2.26. The average Bonchev–Trinajstić information content (AvgIpc) is 3.40. The zero-order chi connectivity index (χ0) is 21.1. The lowest BCUT2D eigenvalue weighted by atomic mass is 9.99. The smallest absolute Gasteiger partial charge is 0.287 e. The summed E-state index contributed by atoms with van der Waals surface area (Å²) in [6, 6.07) is 1.96. The SMILES string of the molecule is CCc1nc2c(cnn2CC)c(NC2CCOCC2)c1CCc1cc(C(N)=O)on1. The molecular formula is C21H28N6O3. The first-order valence-electron chi connectivity index (χ1n) is 10.6. The number of ether oxygens (including phenoxy) is 1. The zero-order valence-corrected chi connectivity index (χ0v) is 17.5. The first-order chi connectivity index (χ1) is 14.6. The number of fused-ring (bicyclic) bond motifs is 1. The number of rotatable bonds is 8. The van der Waals surface area contributed by atoms with Gasteiger partial charge in [0.05, 0.1) is 23.0 Å². The molecule has 3 aromatic heterocycles. The Morgan fingerprint density at radius 3 is 2.77 bits per heavy atom. The molecule has 0 aliphatic carbocycles. The van der Waals surface area contributed by atoms with E-state index in [1.54, 1.807) is 6.07 Å². The standard InChI is InChI=1S/C21H28N6O3/c1-3-17-15(6-5-14-11-18(20(22)28)30-26-14)19(24-13-7-9-29-10-8-13)16-12-23-27(4-2)21(16)25-17/h11-13H,3-10H2,1-2H3,(H2,22,28)(H,24,25). The molecule has 3 N–H and O–H groups in total. The molecule has 1 amide bonds. The fourth-order valence-corrected chi connectivity index (χ4v) is 3.98. The predicted octanol–water partition coefficient (Wildman–Crippen LogP) is 2.48. The largest absolute Gasteiger partial charge is 0.381 e. The Hall–Kier alpha value is -2.94. The van der Waals surface area contributed by atoms with Crippen molar-refractivity contribution in [2.75, 3.05) is 18.5 Å². The van der Waals surface area contributed by atoms with E-state index >= 15 is 0 Å². The van der Waals surface area contributed by atoms with E-state index in [4.69, 9.17) is 20.0 Å². The summed E-state index contributed by atoms with van der Waals surface area (Å²) >= 11 is 0. The third-order valence-corrected chi connectivity index (χ3v) is 5.61. The van der Waals surface area contributed by atoms with Gasteiger partial charge in [0.15, 0.2) is 5.65 Å². The summed E-state index contributed by atoms with van der Waals surface area (Å²) in [4.78, 5) is 16.2. The van der Waals surface area contributed by atoms with Gasteiger partial charge < -0.3 is 20.3 Å². The average molecular weight is 412 g/mol. The number of hydrogen-bond acceptors (Lipinski definition) is 7. The van der Waals surface area contributed by atoms with E-state index in [1.807, 2.05) is 10.9 Å². The highest BCUT2D eigenvalue weighted by Crippen LogP contribution is 2.32. The lowest BCUT2D eigenvalue weighted by molar-refractivity contribution is 0.0904. The molecule has 3 aromatic rings. The molecule has 0 unspecified atom stereocenters. The Bertz CT molecular complexity index is 1030. The van der Waals surface area contributed by atoms with Crippen molar-refractivity contribution in [2.45, 2.75) is 58.5 Å². The molecule has 1 fully saturated rings. The van der Waals surface area contributed by atoms with Gasteiger partial charge in [-0.05, 0) is 44.6 Å². The van der Waals surface area contributed by atoms with Gasteiger partial charge in [-0.1, -0.05) is 12.1 Å². The van der Waals surface area contributed by atoms with E-state index < -0.39 is 5.91 Å². The Morgan fingerprint density at radius 2 is 2.10 bits per heavy atom. The van der Waals surface area contributed by atoms with Gasteiger partial charge in [0, 0.05) is 37.6 Å². The second kappa shape index (κ2) is 8.83. The van der Waals surface area contributed by atoms with Gasteiger partial charge in [0.25, 0.3) is 5.91 Å². The van der Waals surface area contributed by atoms with Gasteiger partial charge in [-0.3, -0.25) is 4.79 Å². The second-order valence-corrected chi connectivity index (χ2v) is 7.54. The minimum atomic E-state index is -0.611. The van der Waals surface area contributed by atoms with E-state index in [0.717, 1.165) is 73.4 Å². The van der Waals surface area contributed by atoms with Crippen LogP contribution in [-0.4, -0.2) is 45.1 Å². The van der Waals surface area contributed by atoms with Crippen LogP contribution in [-0.2, 0) is 30.5 Å². The number of anilines is 1. The van der Waals surface area contributed by atoms with Crippen LogP contribution in [0.3, 0.4) is 0 Å². The van der Waals surface area contributed by atoms with Crippen LogP contribution in [0.1, 0.15) is 54.2 Å². The summed E-state index contributed by atoms with van der Waals surface area (Å²) in [6.07, 6.45) is 6.00. The number of carbonyl (C=O) groups excluding carboxylic acids is 1. The molecular weight excluding hydrogens is 384 g/mol. The van der Waals surface area contributed by atoms with Crippen LogP contribution in [0.5, 0.6) is 0 Å². The monoisotopic (exact) mass is 412 g/mol. The molecule has 0 atom stereocenters. The van der Waals surface area contributed by atoms with E-state index in [0.29, 0.717) is 18.2 Å². The van der Waals surface area contributed by atoms with E-state index in [9.17, 15) is 4.79 Å². The predicted molar refractivity (Wildman–Crippen MR) is 112 cm³/mol. The fraction of sp³-hybridized carbons (Fsp3) is 0.524. The van der Waals surface area contributed by atoms with Crippen LogP contribution >= 0.6 is 0 Å². The van der Waals surface area contributed by atoms with Crippen molar-refractivity contribution in [1.29, 1.82) is 0 Å². The normalized spacial score (nSPS) is 15.0. The third kappa shape index (κ3) is 4.02. The highest BCUT2D eigenvalue weighted by atomic mass is 16.5. The maximum Gasteiger partial charge on any atom is 0.287 e. The molecule has 0 saturated carbocycles. The highest BCUT2D eigenvalue weighted by Gasteiger charge is 2.22. The molecule has 9 nitrogen and oxygen atoms in total. The van der Waals surface area contributed by atoms with Crippen molar-refractivity contribution < 1.29 is 14.1 Å². The van der Waals surface area contributed by atoms with Gasteiger partial charge >= 0.3 is 0 Å². The lowest BCUT2D eigenvalue weighted by Crippen LogP contribution is -2.28. The molecule has 0 spiro atoms. The molecule has 30 heavy (non-hydrogen) atoms. The van der Waals surface area contributed by atoms with Gasteiger partial charge in [-0.2, -0.15) is 5.10 Å². The number of hydrogen-bond donors (Lipinski definition) is 2. The number of aromatic nitrogens is 4. The first kappa shape index (κ1) is 20.3. The number of nitrogens with two attached hydrogens (primary N) is 1. The molecule has 1 aliphatic rings. The van der Waals surface area contributed by atoms with E-state index in [-0.39, 0.29) is 5.76 Å². The number of carbonyl (C=O) groups is 1. The summed E-state index contributed by atoms with van der Waals surface area (Å²) in [5.74, 6) is -0.529. The van der Waals surface area contributed by atoms with Crippen LogP contribution in [0.25, 0.3) is 11.0 Å². The number of amides is 1. The quantitative estimate of drug-likeness (QED) is 0.583. The van der Waals surface area contributed by atoms with Crippen molar-refractivity contribution in [3.63, 3.8) is 0 Å². The molecule has 0 bridgehead atoms. The van der Waals surface area contributed by atoms with Crippen LogP contribution in [0.15, 0.2) is 16.8 Å². The molecule has 0 radical (unpaired) electrons. The Labute approximate surface area is 175 Å². The topological polar surface area (TPSA) is 121 Å². The molecule has 4 rings (SSSR count). The number of primary amides is 1. The summed E-state index contributed by atoms with van der Waals surface area (Å²) < 4.78 is 12.5. The maximum atomic E-state index is 11.3. The van der Waals surface area contributed by atoms with E-state index in [1.165, 1.54) is 0 Å². The minimum Gasteiger partial charge on any atom is -0.381 e. The van der Waals surface area contributed by atoms with Crippen LogP contribution in [0, 0.1) is 0 Å². The van der Waals surface area contributed by atoms with Crippen molar-refractivity contribution in [1.82, 2.24) is 19.9 Å². The molecule has 4 heterocycles. The minimum absolute atomic E-state index is 0.0825. The molecule has 160 valence electrons. The Balaban J connectivity index is 1.71. The zero-order valence-electron chi connectivity index (χ0n) is 17.5. The van der Waals surface area contributed by atoms with Crippen LogP contribution in [0.2, 0.25) is 0 Å². The maximum absolute atomic E-state index is 11.3. The van der Waals surface area contributed by atoms with E-state index in [2.05, 4.69) is 29.4 Å².